The van der Waals surface area contributed by atoms with Crippen molar-refractivity contribution in [2.45, 2.75) is 19.1 Å². The van der Waals surface area contributed by atoms with E-state index in [1.807, 2.05) is 6.07 Å². The van der Waals surface area contributed by atoms with Gasteiger partial charge in [-0.05, 0) is 0 Å². The average Bonchev–Trinajstić information content (AvgIpc) is 2.66. The van der Waals surface area contributed by atoms with Crippen molar-refractivity contribution >= 4 is 0 Å². The molecule has 1 atom stereocenters. The Morgan fingerprint density at radius 2 is 2.28 bits per heavy atom. The van der Waals surface area contributed by atoms with Gasteiger partial charge in [0.05, 0.1) is 6.61 Å². The Balaban J connectivity index is 1.61. The van der Waals surface area contributed by atoms with Gasteiger partial charge in [0.1, 0.15) is 0 Å². The van der Waals surface area contributed by atoms with E-state index in [0.29, 0.717) is 38.9 Å². The van der Waals surface area contributed by atoms with Gasteiger partial charge in [-0.3, -0.25) is 0 Å². The summed E-state index contributed by atoms with van der Waals surface area (Å²) in [5.74, 6) is 0.352. The topological polar surface area (TPSA) is 62.6 Å². The van der Waals surface area contributed by atoms with Crippen molar-refractivity contribution in [2.24, 2.45) is 0 Å². The molecule has 1 fully saturated rings. The van der Waals surface area contributed by atoms with Crippen molar-refractivity contribution in [3.05, 3.63) is 43.9 Å². The Kier molecular flexibility index (Phi) is 5.05. The van der Waals surface area contributed by atoms with Crippen molar-refractivity contribution in [1.82, 2.24) is 9.55 Å². The van der Waals surface area contributed by atoms with Crippen LogP contribution in [0.3, 0.4) is 0 Å². The third-order valence-electron chi connectivity index (χ3n) is 4.46. The first-order valence-electron chi connectivity index (χ1n) is 8.31. The summed E-state index contributed by atoms with van der Waals surface area (Å²) in [7, 11) is 0. The Hall–Kier alpha value is -1.45. The third-order valence-corrected chi connectivity index (χ3v) is 6.37. The zero-order valence-electron chi connectivity index (χ0n) is 14.0. The summed E-state index contributed by atoms with van der Waals surface area (Å²) < 4.78 is 19.8. The summed E-state index contributed by atoms with van der Waals surface area (Å²) in [5.41, 5.74) is 3.04. The van der Waals surface area contributed by atoms with Gasteiger partial charge in [0.25, 0.3) is 0 Å². The molecule has 3 heterocycles. The Morgan fingerprint density at radius 1 is 1.36 bits per heavy atom. The molecule has 25 heavy (non-hydrogen) atoms. The molecule has 1 aromatic carbocycles. The van der Waals surface area contributed by atoms with Crippen LogP contribution in [0.5, 0.6) is 5.88 Å². The number of alkyl halides is 1. The van der Waals surface area contributed by atoms with Crippen LogP contribution in [0.1, 0.15) is 5.56 Å². The van der Waals surface area contributed by atoms with Gasteiger partial charge < -0.3 is 0 Å². The van der Waals surface area contributed by atoms with Crippen molar-refractivity contribution in [2.75, 3.05) is 31.4 Å². The summed E-state index contributed by atoms with van der Waals surface area (Å²) in [6.45, 7) is 2.70. The third kappa shape index (κ3) is 3.58. The standard InChI is InChI=1S/C18H20IN2O4/c1-19-13-2-3-15-12(8-13)4-5-21-16(15)9-17(20-18(21)22)25-11-14-10-23-6-7-24-14/h2-3,8-9,14H,4-7,10-11H2,1H3/q-1/t14-/m1/s1. The number of aryl methyl sites for hydroxylation is 1. The number of hydrogen-bond donors (Lipinski definition) is 0. The predicted octanol–water partition coefficient (Wildman–Crippen LogP) is -1.85. The molecular formula is C18H20IN2O4-. The molecule has 0 unspecified atom stereocenters. The van der Waals surface area contributed by atoms with Gasteiger partial charge in [-0.25, -0.2) is 0 Å². The van der Waals surface area contributed by atoms with E-state index in [-0.39, 0.29) is 33.0 Å². The quantitative estimate of drug-likeness (QED) is 0.401. The number of aromatic nitrogens is 2. The van der Waals surface area contributed by atoms with Crippen LogP contribution >= 0.6 is 0 Å². The van der Waals surface area contributed by atoms with Crippen LogP contribution in [0.2, 0.25) is 0 Å². The van der Waals surface area contributed by atoms with E-state index in [1.54, 1.807) is 4.57 Å². The molecule has 0 radical (unpaired) electrons. The number of rotatable bonds is 4. The van der Waals surface area contributed by atoms with Crippen molar-refractivity contribution in [1.29, 1.82) is 0 Å². The molecule has 1 aromatic heterocycles. The summed E-state index contributed by atoms with van der Waals surface area (Å²) in [6, 6.07) is 8.44. The molecule has 0 bridgehead atoms. The van der Waals surface area contributed by atoms with Crippen LogP contribution in [0.4, 0.5) is 0 Å². The first kappa shape index (κ1) is 17.0. The molecule has 0 aliphatic carbocycles. The summed E-state index contributed by atoms with van der Waals surface area (Å²) in [6.07, 6.45) is 0.757. The molecule has 2 aromatic rings. The molecule has 2 aliphatic rings. The molecule has 2 aliphatic heterocycles. The monoisotopic (exact) mass is 455 g/mol. The van der Waals surface area contributed by atoms with Gasteiger partial charge in [0, 0.05) is 0 Å². The SMILES string of the molecule is C[I-]c1ccc2c(c1)CCn1c-2cc(OC[C@H]2COCCO2)nc1=O. The van der Waals surface area contributed by atoms with Gasteiger partial charge in [0.2, 0.25) is 0 Å². The van der Waals surface area contributed by atoms with Crippen LogP contribution in [-0.2, 0) is 22.4 Å². The van der Waals surface area contributed by atoms with E-state index in [0.717, 1.165) is 17.7 Å². The van der Waals surface area contributed by atoms with E-state index in [1.165, 1.54) is 9.13 Å². The van der Waals surface area contributed by atoms with E-state index in [2.05, 4.69) is 28.1 Å². The second-order valence-corrected chi connectivity index (χ2v) is 8.36. The molecule has 0 amide bonds. The Labute approximate surface area is 156 Å². The van der Waals surface area contributed by atoms with E-state index in [9.17, 15) is 4.79 Å². The molecule has 6 nitrogen and oxygen atoms in total. The zero-order chi connectivity index (χ0) is 17.2. The number of hydrogen-bond acceptors (Lipinski definition) is 5. The second-order valence-electron chi connectivity index (χ2n) is 6.03. The van der Waals surface area contributed by atoms with Crippen LogP contribution in [0.15, 0.2) is 29.1 Å². The van der Waals surface area contributed by atoms with Gasteiger partial charge in [0.15, 0.2) is 0 Å². The Morgan fingerprint density at radius 3 is 3.08 bits per heavy atom. The molecule has 0 N–H and O–H groups in total. The van der Waals surface area contributed by atoms with Crippen LogP contribution in [0.25, 0.3) is 11.3 Å². The second kappa shape index (κ2) is 7.43. The summed E-state index contributed by atoms with van der Waals surface area (Å²) >= 11 is 0.0662. The molecule has 134 valence electrons. The van der Waals surface area contributed by atoms with Gasteiger partial charge in [-0.15, -0.1) is 0 Å². The fourth-order valence-electron chi connectivity index (χ4n) is 3.18. The number of nitrogens with zero attached hydrogens (tertiary/aromatic N) is 2. The van der Waals surface area contributed by atoms with Crippen LogP contribution in [0, 0.1) is 3.57 Å². The fraction of sp³-hybridized carbons (Fsp3) is 0.444. The molecule has 0 spiro atoms. The van der Waals surface area contributed by atoms with Crippen LogP contribution in [-0.4, -0.2) is 47.0 Å². The fourth-order valence-corrected chi connectivity index (χ4v) is 4.40. The summed E-state index contributed by atoms with van der Waals surface area (Å²) in [5, 5.41) is 0. The van der Waals surface area contributed by atoms with Crippen molar-refractivity contribution < 1.29 is 35.4 Å². The van der Waals surface area contributed by atoms with E-state index in [4.69, 9.17) is 14.2 Å². The first-order chi connectivity index (χ1) is 12.2. The number of benzene rings is 1. The minimum atomic E-state index is -0.258. The first-order valence-corrected chi connectivity index (χ1v) is 11.5. The molecular weight excluding hydrogens is 435 g/mol. The number of fused-ring (bicyclic) bond motifs is 3. The maximum atomic E-state index is 12.4. The molecule has 7 heteroatoms. The normalized spacial score (nSPS) is 19.3. The maximum absolute atomic E-state index is 12.4. The molecule has 1 saturated heterocycles. The minimum absolute atomic E-state index is 0.0662. The van der Waals surface area contributed by atoms with Crippen molar-refractivity contribution in [3.63, 3.8) is 0 Å². The van der Waals surface area contributed by atoms with Gasteiger partial charge in [-0.1, -0.05) is 0 Å². The molecule has 4 rings (SSSR count). The number of halogens is 1. The zero-order valence-corrected chi connectivity index (χ0v) is 16.2. The van der Waals surface area contributed by atoms with Crippen LogP contribution < -0.4 is 31.6 Å². The Bertz CT molecular complexity index is 830. The predicted molar refractivity (Wildman–Crippen MR) is 88.3 cm³/mol. The molecule has 0 saturated carbocycles. The van der Waals surface area contributed by atoms with Gasteiger partial charge in [-0.2, -0.15) is 0 Å². The summed E-state index contributed by atoms with van der Waals surface area (Å²) in [4.78, 5) is 18.7. The number of ether oxygens (including phenoxy) is 3. The van der Waals surface area contributed by atoms with Crippen molar-refractivity contribution in [3.8, 4) is 17.1 Å². The van der Waals surface area contributed by atoms with E-state index >= 15 is 0 Å². The average molecular weight is 455 g/mol. The van der Waals surface area contributed by atoms with Gasteiger partial charge >= 0.3 is 150 Å². The van der Waals surface area contributed by atoms with E-state index < -0.39 is 0 Å².